The molecule has 0 bridgehead atoms. The van der Waals surface area contributed by atoms with Crippen molar-refractivity contribution in [2.45, 2.75) is 45.3 Å². The van der Waals surface area contributed by atoms with Gasteiger partial charge in [0.2, 0.25) is 0 Å². The van der Waals surface area contributed by atoms with E-state index < -0.39 is 28.6 Å². The highest BCUT2D eigenvalue weighted by Gasteiger charge is 2.51. The van der Waals surface area contributed by atoms with Crippen LogP contribution < -0.4 is 4.90 Å². The first-order valence-corrected chi connectivity index (χ1v) is 12.0. The van der Waals surface area contributed by atoms with Crippen LogP contribution in [0.5, 0.6) is 0 Å². The number of nitrogens with zero attached hydrogens (tertiary/aromatic N) is 2. The number of non-ortho nitro benzene ring substituents is 1. The third-order valence-electron chi connectivity index (χ3n) is 6.46. The zero-order chi connectivity index (χ0) is 25.5. The SMILES string of the molecule is Cc1ccc(C(C)C)cc1CN1C(=O)[C@@](O)(CC(=O)c2cccc([N+](=O)[O-])c2)c2cc(Br)ccc21. The molecule has 0 saturated heterocycles. The normalized spacial score (nSPS) is 17.1. The Morgan fingerprint density at radius 2 is 1.89 bits per heavy atom. The van der Waals surface area contributed by atoms with Crippen molar-refractivity contribution in [2.24, 2.45) is 0 Å². The van der Waals surface area contributed by atoms with Gasteiger partial charge in [-0.25, -0.2) is 0 Å². The van der Waals surface area contributed by atoms with Crippen LogP contribution in [0.1, 0.15) is 58.8 Å². The second kappa shape index (κ2) is 9.36. The molecule has 0 fully saturated rings. The van der Waals surface area contributed by atoms with Crippen molar-refractivity contribution >= 4 is 39.0 Å². The van der Waals surface area contributed by atoms with E-state index in [2.05, 4.69) is 41.9 Å². The van der Waals surface area contributed by atoms with Gasteiger partial charge in [0.15, 0.2) is 11.4 Å². The molecular weight excluding hydrogens is 512 g/mol. The Hall–Kier alpha value is -3.36. The zero-order valence-corrected chi connectivity index (χ0v) is 21.2. The summed E-state index contributed by atoms with van der Waals surface area (Å²) in [6.07, 6.45) is -0.530. The van der Waals surface area contributed by atoms with Crippen molar-refractivity contribution in [3.63, 3.8) is 0 Å². The van der Waals surface area contributed by atoms with E-state index in [0.717, 1.165) is 22.8 Å². The average molecular weight is 537 g/mol. The smallest absolute Gasteiger partial charge is 0.270 e. The maximum atomic E-state index is 13.7. The summed E-state index contributed by atoms with van der Waals surface area (Å²) in [6, 6.07) is 16.6. The van der Waals surface area contributed by atoms with E-state index in [4.69, 9.17) is 0 Å². The first kappa shape index (κ1) is 24.8. The lowest BCUT2D eigenvalue weighted by Crippen LogP contribution is -2.41. The molecule has 7 nitrogen and oxygen atoms in total. The molecule has 35 heavy (non-hydrogen) atoms. The lowest BCUT2D eigenvalue weighted by atomic mass is 9.88. The minimum absolute atomic E-state index is 0.0656. The van der Waals surface area contributed by atoms with Crippen molar-refractivity contribution in [1.82, 2.24) is 0 Å². The Morgan fingerprint density at radius 1 is 1.14 bits per heavy atom. The number of carbonyl (C=O) groups is 2. The van der Waals surface area contributed by atoms with E-state index in [1.165, 1.54) is 23.1 Å². The Morgan fingerprint density at radius 3 is 2.57 bits per heavy atom. The maximum absolute atomic E-state index is 13.7. The van der Waals surface area contributed by atoms with Crippen LogP contribution >= 0.6 is 15.9 Å². The summed E-state index contributed by atoms with van der Waals surface area (Å²) in [5, 5.41) is 22.8. The van der Waals surface area contributed by atoms with E-state index in [1.807, 2.05) is 13.0 Å². The summed E-state index contributed by atoms with van der Waals surface area (Å²) in [5.41, 5.74) is 1.71. The summed E-state index contributed by atoms with van der Waals surface area (Å²) in [5.74, 6) is -0.842. The molecule has 180 valence electrons. The number of aryl methyl sites for hydroxylation is 1. The number of amides is 1. The average Bonchev–Trinajstić information content (AvgIpc) is 3.01. The van der Waals surface area contributed by atoms with Crippen LogP contribution in [-0.2, 0) is 16.9 Å². The number of benzene rings is 3. The second-order valence-corrected chi connectivity index (χ2v) is 10.1. The number of ketones is 1. The van der Waals surface area contributed by atoms with E-state index in [1.54, 1.807) is 18.2 Å². The predicted octanol–water partition coefficient (Wildman–Crippen LogP) is 5.80. The first-order valence-electron chi connectivity index (χ1n) is 11.2. The molecule has 3 aromatic carbocycles. The molecule has 4 rings (SSSR count). The minimum Gasteiger partial charge on any atom is -0.375 e. The number of aliphatic hydroxyl groups is 1. The minimum atomic E-state index is -2.09. The quantitative estimate of drug-likeness (QED) is 0.233. The van der Waals surface area contributed by atoms with Gasteiger partial charge in [-0.05, 0) is 47.7 Å². The van der Waals surface area contributed by atoms with E-state index in [9.17, 15) is 24.8 Å². The van der Waals surface area contributed by atoms with Gasteiger partial charge in [0.1, 0.15) is 0 Å². The highest BCUT2D eigenvalue weighted by atomic mass is 79.9. The lowest BCUT2D eigenvalue weighted by Gasteiger charge is -2.24. The molecule has 0 radical (unpaired) electrons. The Kier molecular flexibility index (Phi) is 6.62. The van der Waals surface area contributed by atoms with Crippen LogP contribution in [0.15, 0.2) is 65.1 Å². The third kappa shape index (κ3) is 4.63. The first-order chi connectivity index (χ1) is 16.5. The molecule has 1 amide bonds. The van der Waals surface area contributed by atoms with Crippen molar-refractivity contribution < 1.29 is 19.6 Å². The van der Waals surface area contributed by atoms with Crippen molar-refractivity contribution in [3.8, 4) is 0 Å². The van der Waals surface area contributed by atoms with Gasteiger partial charge in [0.05, 0.1) is 23.6 Å². The lowest BCUT2D eigenvalue weighted by molar-refractivity contribution is -0.384. The standard InChI is InChI=1S/C27H25BrN2O5/c1-16(2)18-8-7-17(3)20(11-18)15-29-24-10-9-21(28)13-23(24)27(33,26(29)32)14-25(31)19-5-4-6-22(12-19)30(34)35/h4-13,16,33H,14-15H2,1-3H3/t27-/m1/s1. The molecule has 1 aliphatic rings. The molecule has 1 heterocycles. The summed E-state index contributed by atoms with van der Waals surface area (Å²) < 4.78 is 0.658. The highest BCUT2D eigenvalue weighted by molar-refractivity contribution is 9.10. The number of halogens is 1. The number of nitro benzene ring substituents is 1. The predicted molar refractivity (Wildman–Crippen MR) is 137 cm³/mol. The van der Waals surface area contributed by atoms with Gasteiger partial charge in [-0.15, -0.1) is 0 Å². The largest absolute Gasteiger partial charge is 0.375 e. The van der Waals surface area contributed by atoms with Gasteiger partial charge >= 0.3 is 0 Å². The second-order valence-electron chi connectivity index (χ2n) is 9.16. The van der Waals surface area contributed by atoms with Crippen LogP contribution in [0.25, 0.3) is 0 Å². The zero-order valence-electron chi connectivity index (χ0n) is 19.6. The summed E-state index contributed by atoms with van der Waals surface area (Å²) in [4.78, 5) is 38.8. The fourth-order valence-corrected chi connectivity index (χ4v) is 4.73. The number of anilines is 1. The van der Waals surface area contributed by atoms with Gasteiger partial charge in [-0.1, -0.05) is 60.1 Å². The van der Waals surface area contributed by atoms with Gasteiger partial charge in [0, 0.05) is 27.7 Å². The summed E-state index contributed by atoms with van der Waals surface area (Å²) >= 11 is 3.40. The molecule has 3 aromatic rings. The fraction of sp³-hybridized carbons (Fsp3) is 0.259. The molecule has 0 aliphatic carbocycles. The van der Waals surface area contributed by atoms with Crippen molar-refractivity contribution in [2.75, 3.05) is 4.90 Å². The van der Waals surface area contributed by atoms with E-state index >= 15 is 0 Å². The number of carbonyl (C=O) groups excluding carboxylic acids is 2. The van der Waals surface area contributed by atoms with Crippen LogP contribution in [-0.4, -0.2) is 21.7 Å². The maximum Gasteiger partial charge on any atom is 0.270 e. The van der Waals surface area contributed by atoms with E-state index in [-0.39, 0.29) is 17.8 Å². The molecular formula is C27H25BrN2O5. The van der Waals surface area contributed by atoms with Gasteiger partial charge in [0.25, 0.3) is 11.6 Å². The molecule has 1 aliphatic heterocycles. The molecule has 1 atom stereocenters. The van der Waals surface area contributed by atoms with Gasteiger partial charge in [-0.3, -0.25) is 19.7 Å². The van der Waals surface area contributed by atoms with Crippen molar-refractivity contribution in [1.29, 1.82) is 0 Å². The summed E-state index contributed by atoms with van der Waals surface area (Å²) in [6.45, 7) is 6.41. The Bertz CT molecular complexity index is 1350. The molecule has 0 unspecified atom stereocenters. The number of nitro groups is 1. The van der Waals surface area contributed by atoms with Crippen LogP contribution in [0.3, 0.4) is 0 Å². The topological polar surface area (TPSA) is 101 Å². The Labute approximate surface area is 211 Å². The van der Waals surface area contributed by atoms with Crippen LogP contribution in [0, 0.1) is 17.0 Å². The monoisotopic (exact) mass is 536 g/mol. The van der Waals surface area contributed by atoms with Crippen molar-refractivity contribution in [3.05, 3.63) is 103 Å². The van der Waals surface area contributed by atoms with Crippen LogP contribution in [0.2, 0.25) is 0 Å². The summed E-state index contributed by atoms with van der Waals surface area (Å²) in [7, 11) is 0. The molecule has 0 aromatic heterocycles. The van der Waals surface area contributed by atoms with Crippen LogP contribution in [0.4, 0.5) is 11.4 Å². The number of hydrogen-bond donors (Lipinski definition) is 1. The number of Topliss-reactive ketones (excluding diaryl/α,β-unsaturated/α-hetero) is 1. The molecule has 8 heteroatoms. The van der Waals surface area contributed by atoms with Gasteiger partial charge in [-0.2, -0.15) is 0 Å². The fourth-order valence-electron chi connectivity index (χ4n) is 4.37. The number of hydrogen-bond acceptors (Lipinski definition) is 5. The Balaban J connectivity index is 1.72. The highest BCUT2D eigenvalue weighted by Crippen LogP contribution is 2.45. The number of rotatable bonds is 7. The van der Waals surface area contributed by atoms with Gasteiger partial charge < -0.3 is 10.0 Å². The molecule has 0 saturated carbocycles. The molecule has 0 spiro atoms. The molecule has 1 N–H and O–H groups in total. The van der Waals surface area contributed by atoms with E-state index in [0.29, 0.717) is 21.6 Å². The third-order valence-corrected chi connectivity index (χ3v) is 6.95. The number of fused-ring (bicyclic) bond motifs is 1.